The van der Waals surface area contributed by atoms with Gasteiger partial charge >= 0.3 is 23.9 Å². The largest absolute Gasteiger partial charge is 0.463 e. The fraction of sp³-hybridized carbons (Fsp3) is 0.714. The first-order valence-electron chi connectivity index (χ1n) is 7.10. The number of hydrogen-bond donors (Lipinski definition) is 1. The van der Waals surface area contributed by atoms with Gasteiger partial charge in [-0.15, -0.1) is 0 Å². The molecule has 0 radical (unpaired) electrons. The summed E-state index contributed by atoms with van der Waals surface area (Å²) >= 11 is 0. The van der Waals surface area contributed by atoms with E-state index in [4.69, 9.17) is 23.7 Å². The van der Waals surface area contributed by atoms with Crippen molar-refractivity contribution < 1.29 is 48.0 Å². The molecule has 24 heavy (non-hydrogen) atoms. The average molecular weight is 348 g/mol. The highest BCUT2D eigenvalue weighted by atomic mass is 16.7. The highest BCUT2D eigenvalue weighted by Crippen LogP contribution is 2.28. The van der Waals surface area contributed by atoms with E-state index in [1.54, 1.807) is 0 Å². The minimum Gasteiger partial charge on any atom is -0.463 e. The van der Waals surface area contributed by atoms with Crippen LogP contribution in [0.5, 0.6) is 0 Å². The van der Waals surface area contributed by atoms with Gasteiger partial charge in [-0.05, 0) is 0 Å². The predicted octanol–water partition coefficient (Wildman–Crippen LogP) is -0.938. The SMILES string of the molecule is CC(=O)OCC1OC(O)C(OC(C)=O)C(OC(C)=O)C1OC(C)=O. The Labute approximate surface area is 137 Å². The van der Waals surface area contributed by atoms with Crippen LogP contribution in [0.4, 0.5) is 0 Å². The van der Waals surface area contributed by atoms with Crippen LogP contribution in [0.25, 0.3) is 0 Å². The first-order valence-corrected chi connectivity index (χ1v) is 7.10. The summed E-state index contributed by atoms with van der Waals surface area (Å²) in [4.78, 5) is 44.9. The molecular formula is C14H20O10. The second-order valence-corrected chi connectivity index (χ2v) is 5.09. The fourth-order valence-electron chi connectivity index (χ4n) is 2.21. The molecule has 0 amide bonds. The van der Waals surface area contributed by atoms with Gasteiger partial charge in [-0.3, -0.25) is 19.2 Å². The lowest BCUT2D eigenvalue weighted by Gasteiger charge is -2.42. The number of rotatable bonds is 5. The van der Waals surface area contributed by atoms with E-state index in [2.05, 4.69) is 0 Å². The van der Waals surface area contributed by atoms with Crippen molar-refractivity contribution in [2.24, 2.45) is 0 Å². The van der Waals surface area contributed by atoms with E-state index in [1.807, 2.05) is 0 Å². The lowest BCUT2D eigenvalue weighted by molar-refractivity contribution is -0.296. The third-order valence-electron chi connectivity index (χ3n) is 2.97. The van der Waals surface area contributed by atoms with Crippen molar-refractivity contribution in [1.82, 2.24) is 0 Å². The van der Waals surface area contributed by atoms with Crippen LogP contribution in [0, 0.1) is 0 Å². The van der Waals surface area contributed by atoms with Gasteiger partial charge in [-0.1, -0.05) is 0 Å². The molecule has 5 unspecified atom stereocenters. The zero-order valence-corrected chi connectivity index (χ0v) is 13.7. The molecule has 0 aromatic heterocycles. The zero-order chi connectivity index (χ0) is 18.4. The lowest BCUT2D eigenvalue weighted by Crippen LogP contribution is -2.62. The Kier molecular flexibility index (Phi) is 7.11. The smallest absolute Gasteiger partial charge is 0.303 e. The molecule has 0 aromatic carbocycles. The second-order valence-electron chi connectivity index (χ2n) is 5.09. The van der Waals surface area contributed by atoms with Crippen LogP contribution in [-0.2, 0) is 42.9 Å². The number of carbonyl (C=O) groups excluding carboxylic acids is 4. The number of esters is 4. The molecule has 10 heteroatoms. The van der Waals surface area contributed by atoms with Crippen molar-refractivity contribution in [3.8, 4) is 0 Å². The molecule has 1 fully saturated rings. The number of carbonyl (C=O) groups is 4. The monoisotopic (exact) mass is 348 g/mol. The van der Waals surface area contributed by atoms with Gasteiger partial charge in [0.25, 0.3) is 0 Å². The molecule has 0 spiro atoms. The van der Waals surface area contributed by atoms with E-state index >= 15 is 0 Å². The van der Waals surface area contributed by atoms with E-state index in [1.165, 1.54) is 0 Å². The number of ether oxygens (including phenoxy) is 5. The van der Waals surface area contributed by atoms with Crippen LogP contribution in [-0.4, -0.2) is 66.3 Å². The van der Waals surface area contributed by atoms with Gasteiger partial charge in [0, 0.05) is 27.7 Å². The van der Waals surface area contributed by atoms with Crippen molar-refractivity contribution in [2.75, 3.05) is 6.61 Å². The van der Waals surface area contributed by atoms with Crippen molar-refractivity contribution in [3.63, 3.8) is 0 Å². The summed E-state index contributed by atoms with van der Waals surface area (Å²) in [6.07, 6.45) is -6.79. The Morgan fingerprint density at radius 2 is 1.25 bits per heavy atom. The maximum atomic E-state index is 11.3. The Bertz CT molecular complexity index is 502. The standard InChI is InChI=1S/C14H20O10/c1-6(15)20-5-10-11(21-7(2)16)12(22-8(3)17)13(14(19)24-10)23-9(4)18/h10-14,19H,5H2,1-4H3. The molecule has 1 N–H and O–H groups in total. The molecule has 10 nitrogen and oxygen atoms in total. The Balaban J connectivity index is 3.11. The molecular weight excluding hydrogens is 328 g/mol. The Morgan fingerprint density at radius 3 is 1.71 bits per heavy atom. The van der Waals surface area contributed by atoms with Gasteiger partial charge in [0.1, 0.15) is 12.7 Å². The third kappa shape index (κ3) is 5.78. The molecule has 1 saturated heterocycles. The zero-order valence-electron chi connectivity index (χ0n) is 13.7. The first-order chi connectivity index (χ1) is 11.1. The highest BCUT2D eigenvalue weighted by Gasteiger charge is 2.51. The highest BCUT2D eigenvalue weighted by molar-refractivity contribution is 5.68. The Morgan fingerprint density at radius 1 is 0.792 bits per heavy atom. The van der Waals surface area contributed by atoms with Crippen LogP contribution in [0.15, 0.2) is 0 Å². The van der Waals surface area contributed by atoms with E-state index in [0.29, 0.717) is 0 Å². The minimum atomic E-state index is -1.68. The molecule has 1 rings (SSSR count). The fourth-order valence-corrected chi connectivity index (χ4v) is 2.21. The minimum absolute atomic E-state index is 0.366. The van der Waals surface area contributed by atoms with E-state index in [0.717, 1.165) is 27.7 Å². The van der Waals surface area contributed by atoms with Crippen LogP contribution in [0.2, 0.25) is 0 Å². The molecule has 5 atom stereocenters. The van der Waals surface area contributed by atoms with E-state index < -0.39 is 54.6 Å². The average Bonchev–Trinajstić information content (AvgIpc) is 2.42. The molecule has 1 aliphatic rings. The Hall–Kier alpha value is -2.20. The first kappa shape index (κ1) is 19.8. The van der Waals surface area contributed by atoms with Gasteiger partial charge in [0.15, 0.2) is 24.6 Å². The summed E-state index contributed by atoms with van der Waals surface area (Å²) in [6.45, 7) is 4.09. The van der Waals surface area contributed by atoms with Crippen molar-refractivity contribution in [1.29, 1.82) is 0 Å². The van der Waals surface area contributed by atoms with Gasteiger partial charge in [-0.2, -0.15) is 0 Å². The van der Waals surface area contributed by atoms with E-state index in [9.17, 15) is 24.3 Å². The van der Waals surface area contributed by atoms with Crippen LogP contribution in [0.3, 0.4) is 0 Å². The van der Waals surface area contributed by atoms with Gasteiger partial charge in [0.2, 0.25) is 0 Å². The summed E-state index contributed by atoms with van der Waals surface area (Å²) in [5, 5.41) is 10.0. The summed E-state index contributed by atoms with van der Waals surface area (Å²) < 4.78 is 25.0. The normalized spacial score (nSPS) is 29.3. The predicted molar refractivity (Wildman–Crippen MR) is 74.2 cm³/mol. The van der Waals surface area contributed by atoms with Gasteiger partial charge < -0.3 is 28.8 Å². The lowest BCUT2D eigenvalue weighted by atomic mass is 9.98. The molecule has 1 heterocycles. The summed E-state index contributed by atoms with van der Waals surface area (Å²) in [5.74, 6) is -2.87. The topological polar surface area (TPSA) is 135 Å². The molecule has 1 aliphatic heterocycles. The molecule has 0 aliphatic carbocycles. The quantitative estimate of drug-likeness (QED) is 0.490. The van der Waals surface area contributed by atoms with Crippen molar-refractivity contribution in [2.45, 2.75) is 58.4 Å². The summed E-state index contributed by atoms with van der Waals surface area (Å²) in [7, 11) is 0. The van der Waals surface area contributed by atoms with Crippen molar-refractivity contribution in [3.05, 3.63) is 0 Å². The van der Waals surface area contributed by atoms with Crippen LogP contribution >= 0.6 is 0 Å². The van der Waals surface area contributed by atoms with Crippen LogP contribution in [0.1, 0.15) is 27.7 Å². The van der Waals surface area contributed by atoms with Gasteiger partial charge in [0.05, 0.1) is 0 Å². The molecule has 0 aromatic rings. The van der Waals surface area contributed by atoms with Crippen LogP contribution < -0.4 is 0 Å². The molecule has 0 bridgehead atoms. The third-order valence-corrected chi connectivity index (χ3v) is 2.97. The number of aliphatic hydroxyl groups excluding tert-OH is 1. The van der Waals surface area contributed by atoms with E-state index in [-0.39, 0.29) is 6.61 Å². The molecule has 136 valence electrons. The second kappa shape index (κ2) is 8.60. The maximum Gasteiger partial charge on any atom is 0.303 e. The summed E-state index contributed by atoms with van der Waals surface area (Å²) in [6, 6.07) is 0. The summed E-state index contributed by atoms with van der Waals surface area (Å²) in [5.41, 5.74) is 0. The number of aliphatic hydroxyl groups is 1. The maximum absolute atomic E-state index is 11.3. The van der Waals surface area contributed by atoms with Gasteiger partial charge in [-0.25, -0.2) is 0 Å². The van der Waals surface area contributed by atoms with Crippen molar-refractivity contribution >= 4 is 23.9 Å². The number of hydrogen-bond acceptors (Lipinski definition) is 10. The molecule has 0 saturated carbocycles.